The van der Waals surface area contributed by atoms with Gasteiger partial charge in [0.05, 0.1) is 16.7 Å². The molecule has 2 nitrogen and oxygen atoms in total. The Morgan fingerprint density at radius 2 is 0.797 bits per heavy atom. The van der Waals surface area contributed by atoms with Crippen LogP contribution in [0, 0.1) is 0 Å². The Morgan fingerprint density at radius 3 is 1.53 bits per heavy atom. The van der Waals surface area contributed by atoms with E-state index in [0.29, 0.717) is 0 Å². The van der Waals surface area contributed by atoms with Crippen molar-refractivity contribution in [2.75, 3.05) is 4.90 Å². The zero-order chi connectivity index (χ0) is 42.4. The topological polar surface area (TPSA) is 8.17 Å². The molecule has 11 aromatic carbocycles. The smallest absolute Gasteiger partial charge is 0.0541 e. The molecule has 300 valence electrons. The van der Waals surface area contributed by atoms with E-state index in [1.165, 1.54) is 82.3 Å². The van der Waals surface area contributed by atoms with Gasteiger partial charge in [-0.05, 0) is 115 Å². The molecule has 12 aromatic rings. The lowest BCUT2D eigenvalue weighted by Gasteiger charge is -2.28. The van der Waals surface area contributed by atoms with Gasteiger partial charge in [0.15, 0.2) is 0 Å². The second kappa shape index (κ2) is 15.8. The highest BCUT2D eigenvalue weighted by atomic mass is 15.1. The fourth-order valence-electron chi connectivity index (χ4n) is 9.83. The van der Waals surface area contributed by atoms with Crippen molar-refractivity contribution in [1.82, 2.24) is 4.57 Å². The summed E-state index contributed by atoms with van der Waals surface area (Å²) in [7, 11) is 0. The molecule has 0 aliphatic carbocycles. The predicted molar refractivity (Wildman–Crippen MR) is 272 cm³/mol. The van der Waals surface area contributed by atoms with Gasteiger partial charge in [-0.1, -0.05) is 200 Å². The molecule has 0 amide bonds. The number of hydrogen-bond donors (Lipinski definition) is 0. The highest BCUT2D eigenvalue weighted by molar-refractivity contribution is 6.11. The van der Waals surface area contributed by atoms with Gasteiger partial charge in [-0.15, -0.1) is 0 Å². The molecule has 0 radical (unpaired) electrons. The van der Waals surface area contributed by atoms with Gasteiger partial charge >= 0.3 is 0 Å². The molecule has 64 heavy (non-hydrogen) atoms. The predicted octanol–water partition coefficient (Wildman–Crippen LogP) is 17.2. The van der Waals surface area contributed by atoms with Crippen LogP contribution in [0.5, 0.6) is 0 Å². The minimum atomic E-state index is 1.08. The van der Waals surface area contributed by atoms with E-state index in [4.69, 9.17) is 0 Å². The summed E-state index contributed by atoms with van der Waals surface area (Å²) in [6, 6.07) is 92.7. The maximum Gasteiger partial charge on any atom is 0.0541 e. The second-order valence-corrected chi connectivity index (χ2v) is 16.5. The fourth-order valence-corrected chi connectivity index (χ4v) is 9.83. The fraction of sp³-hybridized carbons (Fsp3) is 0. The first-order chi connectivity index (χ1) is 31.8. The highest BCUT2D eigenvalue weighted by Gasteiger charge is 2.20. The van der Waals surface area contributed by atoms with Crippen LogP contribution in [0.2, 0.25) is 0 Å². The van der Waals surface area contributed by atoms with Crippen molar-refractivity contribution in [3.8, 4) is 50.2 Å². The molecule has 1 aromatic heterocycles. The summed E-state index contributed by atoms with van der Waals surface area (Å²) in [6.45, 7) is 0. The number of hydrogen-bond acceptors (Lipinski definition) is 1. The molecule has 0 bridgehead atoms. The van der Waals surface area contributed by atoms with E-state index in [2.05, 4.69) is 264 Å². The summed E-state index contributed by atoms with van der Waals surface area (Å²) >= 11 is 0. The third-order valence-corrected chi connectivity index (χ3v) is 12.8. The van der Waals surface area contributed by atoms with Gasteiger partial charge in [0.1, 0.15) is 0 Å². The molecule has 0 saturated heterocycles. The van der Waals surface area contributed by atoms with E-state index in [9.17, 15) is 0 Å². The van der Waals surface area contributed by atoms with E-state index in [-0.39, 0.29) is 0 Å². The summed E-state index contributed by atoms with van der Waals surface area (Å²) in [5.41, 5.74) is 16.4. The third kappa shape index (κ3) is 6.44. The van der Waals surface area contributed by atoms with Gasteiger partial charge in [-0.3, -0.25) is 0 Å². The molecule has 0 N–H and O–H groups in total. The van der Waals surface area contributed by atoms with Gasteiger partial charge < -0.3 is 9.47 Å². The Bertz CT molecular complexity index is 3600. The van der Waals surface area contributed by atoms with E-state index >= 15 is 0 Å². The second-order valence-electron chi connectivity index (χ2n) is 16.5. The molecule has 0 saturated carbocycles. The molecule has 0 fully saturated rings. The molecule has 0 aliphatic rings. The summed E-state index contributed by atoms with van der Waals surface area (Å²) in [5, 5.41) is 7.41. The van der Waals surface area contributed by atoms with Gasteiger partial charge in [0.2, 0.25) is 0 Å². The zero-order valence-electron chi connectivity index (χ0n) is 35.1. The normalized spacial score (nSPS) is 11.4. The maximum absolute atomic E-state index is 2.43. The van der Waals surface area contributed by atoms with Crippen molar-refractivity contribution < 1.29 is 0 Å². The van der Waals surface area contributed by atoms with Crippen LogP contribution in [0.4, 0.5) is 17.1 Å². The highest BCUT2D eigenvalue weighted by Crippen LogP contribution is 2.45. The van der Waals surface area contributed by atoms with Crippen LogP contribution in [-0.2, 0) is 0 Å². The Hall–Kier alpha value is -8.46. The number of nitrogens with zero attached hydrogens (tertiary/aromatic N) is 2. The molecule has 0 atom stereocenters. The van der Waals surface area contributed by atoms with E-state index in [0.717, 1.165) is 28.3 Å². The average molecular weight is 815 g/mol. The van der Waals surface area contributed by atoms with Crippen LogP contribution < -0.4 is 4.90 Å². The zero-order valence-corrected chi connectivity index (χ0v) is 35.1. The standard InChI is InChI=1S/C62H42N2/c1-3-17-43(18-4-1)47-23-15-24-49(41-47)63(62-40-39-55(54-26-9-10-27-56(54)62)53-30-16-22-44-21-7-8-25-51(44)53)48-35-33-46(34-36-48)52-38-37-50(42-59(52)45-19-5-2-6-20-45)64-60-31-13-11-28-57(60)58-29-12-14-32-61(58)64/h1-42H. The Kier molecular flexibility index (Phi) is 9.20. The van der Waals surface area contributed by atoms with Crippen LogP contribution in [-0.4, -0.2) is 4.57 Å². The molecular weight excluding hydrogens is 773 g/mol. The molecule has 0 unspecified atom stereocenters. The first kappa shape index (κ1) is 37.3. The SMILES string of the molecule is c1ccc(-c2cccc(N(c3ccc(-c4ccc(-n5c6ccccc6c6ccccc65)cc4-c4ccccc4)cc3)c3ccc(-c4cccc5ccccc45)c4ccccc34)c2)cc1. The van der Waals surface area contributed by atoms with Gasteiger partial charge in [-0.2, -0.15) is 0 Å². The van der Waals surface area contributed by atoms with Gasteiger partial charge in [0.25, 0.3) is 0 Å². The number of anilines is 3. The summed E-state index contributed by atoms with van der Waals surface area (Å²) in [4.78, 5) is 2.43. The average Bonchev–Trinajstić information content (AvgIpc) is 3.71. The molecule has 1 heterocycles. The summed E-state index contributed by atoms with van der Waals surface area (Å²) in [6.07, 6.45) is 0. The van der Waals surface area contributed by atoms with E-state index in [1.807, 2.05) is 0 Å². The number of rotatable bonds is 8. The lowest BCUT2D eigenvalue weighted by Crippen LogP contribution is -2.11. The van der Waals surface area contributed by atoms with Gasteiger partial charge in [0, 0.05) is 33.2 Å². The Labute approximate surface area is 373 Å². The molecule has 0 aliphatic heterocycles. The summed E-state index contributed by atoms with van der Waals surface area (Å²) < 4.78 is 2.40. The summed E-state index contributed by atoms with van der Waals surface area (Å²) in [5.74, 6) is 0. The van der Waals surface area contributed by atoms with Crippen LogP contribution in [0.1, 0.15) is 0 Å². The maximum atomic E-state index is 2.43. The molecule has 0 spiro atoms. The van der Waals surface area contributed by atoms with Crippen molar-refractivity contribution in [2.45, 2.75) is 0 Å². The lowest BCUT2D eigenvalue weighted by atomic mass is 9.92. The van der Waals surface area contributed by atoms with Crippen LogP contribution in [0.25, 0.3) is 93.5 Å². The Balaban J connectivity index is 1.02. The first-order valence-corrected chi connectivity index (χ1v) is 22.0. The number of fused-ring (bicyclic) bond motifs is 5. The lowest BCUT2D eigenvalue weighted by molar-refractivity contribution is 1.18. The van der Waals surface area contributed by atoms with Crippen LogP contribution in [0.15, 0.2) is 255 Å². The van der Waals surface area contributed by atoms with Crippen LogP contribution >= 0.6 is 0 Å². The monoisotopic (exact) mass is 814 g/mol. The molecule has 2 heteroatoms. The quantitative estimate of drug-likeness (QED) is 0.148. The van der Waals surface area contributed by atoms with Gasteiger partial charge in [-0.25, -0.2) is 0 Å². The molecular formula is C62H42N2. The third-order valence-electron chi connectivity index (χ3n) is 12.8. The molecule has 12 rings (SSSR count). The number of aromatic nitrogens is 1. The van der Waals surface area contributed by atoms with Crippen molar-refractivity contribution in [3.63, 3.8) is 0 Å². The van der Waals surface area contributed by atoms with Crippen molar-refractivity contribution >= 4 is 60.4 Å². The van der Waals surface area contributed by atoms with E-state index in [1.54, 1.807) is 0 Å². The van der Waals surface area contributed by atoms with Crippen molar-refractivity contribution in [2.24, 2.45) is 0 Å². The Morgan fingerprint density at radius 1 is 0.266 bits per heavy atom. The van der Waals surface area contributed by atoms with Crippen LogP contribution in [0.3, 0.4) is 0 Å². The minimum absolute atomic E-state index is 1.08. The number of benzene rings is 11. The first-order valence-electron chi connectivity index (χ1n) is 22.0. The number of para-hydroxylation sites is 2. The van der Waals surface area contributed by atoms with E-state index < -0.39 is 0 Å². The van der Waals surface area contributed by atoms with Crippen molar-refractivity contribution in [3.05, 3.63) is 255 Å². The van der Waals surface area contributed by atoms with Crippen molar-refractivity contribution in [1.29, 1.82) is 0 Å². The largest absolute Gasteiger partial charge is 0.310 e. The minimum Gasteiger partial charge on any atom is -0.310 e.